The van der Waals surface area contributed by atoms with Crippen molar-refractivity contribution in [2.45, 2.75) is 18.9 Å². The van der Waals surface area contributed by atoms with Crippen LogP contribution in [0.4, 0.5) is 0 Å². The second-order valence-corrected chi connectivity index (χ2v) is 4.51. The van der Waals surface area contributed by atoms with Gasteiger partial charge in [0.2, 0.25) is 0 Å². The fourth-order valence-electron chi connectivity index (χ4n) is 2.31. The summed E-state index contributed by atoms with van der Waals surface area (Å²) in [5.41, 5.74) is 1.63. The van der Waals surface area contributed by atoms with E-state index in [-0.39, 0.29) is 0 Å². The zero-order valence-corrected chi connectivity index (χ0v) is 11.4. The van der Waals surface area contributed by atoms with Gasteiger partial charge in [-0.25, -0.2) is 0 Å². The molecule has 0 aliphatic rings. The van der Waals surface area contributed by atoms with Crippen molar-refractivity contribution in [1.82, 2.24) is 0 Å². The second-order valence-electron chi connectivity index (χ2n) is 4.51. The average Bonchev–Trinajstić information content (AvgIpc) is 2.48. The van der Waals surface area contributed by atoms with Crippen molar-refractivity contribution in [1.29, 1.82) is 0 Å². The van der Waals surface area contributed by atoms with Gasteiger partial charge in [0.25, 0.3) is 0 Å². The number of carbonyl (C=O) groups is 1. The maximum Gasteiger partial charge on any atom is 0.314 e. The molecule has 2 aromatic rings. The lowest BCUT2D eigenvalue weighted by Crippen LogP contribution is -2.22. The van der Waals surface area contributed by atoms with Crippen molar-refractivity contribution in [3.05, 3.63) is 71.8 Å². The number of carboxylic acid groups (broad SMARTS) is 1. The molecule has 0 fully saturated rings. The molecule has 1 N–H and O–H groups in total. The molecule has 0 saturated carbocycles. The lowest BCUT2D eigenvalue weighted by molar-refractivity contribution is -0.143. The fraction of sp³-hybridized carbons (Fsp3) is 0.235. The molecular formula is C17H18O3. The zero-order valence-electron chi connectivity index (χ0n) is 11.4. The summed E-state index contributed by atoms with van der Waals surface area (Å²) in [5.74, 6) is -1.59. The largest absolute Gasteiger partial charge is 0.481 e. The van der Waals surface area contributed by atoms with Crippen LogP contribution >= 0.6 is 0 Å². The first kappa shape index (κ1) is 14.3. The van der Waals surface area contributed by atoms with E-state index in [1.807, 2.05) is 67.6 Å². The van der Waals surface area contributed by atoms with E-state index >= 15 is 0 Å². The van der Waals surface area contributed by atoms with Gasteiger partial charge in [-0.1, -0.05) is 60.7 Å². The van der Waals surface area contributed by atoms with E-state index in [1.54, 1.807) is 0 Å². The van der Waals surface area contributed by atoms with Crippen LogP contribution in [0.3, 0.4) is 0 Å². The first-order chi connectivity index (χ1) is 9.74. The van der Waals surface area contributed by atoms with Crippen molar-refractivity contribution < 1.29 is 14.6 Å². The van der Waals surface area contributed by atoms with Crippen molar-refractivity contribution in [3.8, 4) is 0 Å². The van der Waals surface area contributed by atoms with Gasteiger partial charge in [-0.15, -0.1) is 0 Å². The molecule has 2 rings (SSSR count). The first-order valence-electron chi connectivity index (χ1n) is 6.68. The third-order valence-corrected chi connectivity index (χ3v) is 3.20. The minimum atomic E-state index is -0.876. The molecule has 0 spiro atoms. The van der Waals surface area contributed by atoms with Gasteiger partial charge in [0.15, 0.2) is 0 Å². The maximum absolute atomic E-state index is 11.7. The summed E-state index contributed by atoms with van der Waals surface area (Å²) >= 11 is 0. The molecule has 0 aromatic heterocycles. The maximum atomic E-state index is 11.7. The SMILES string of the molecule is CCOC(c1ccccc1)C(C(=O)O)c1ccccc1. The van der Waals surface area contributed by atoms with Crippen LogP contribution in [-0.4, -0.2) is 17.7 Å². The van der Waals surface area contributed by atoms with Crippen LogP contribution in [0.2, 0.25) is 0 Å². The number of benzene rings is 2. The molecule has 0 saturated heterocycles. The lowest BCUT2D eigenvalue weighted by Gasteiger charge is -2.24. The summed E-state index contributed by atoms with van der Waals surface area (Å²) in [7, 11) is 0. The van der Waals surface area contributed by atoms with Crippen LogP contribution in [0, 0.1) is 0 Å². The molecule has 0 aliphatic carbocycles. The highest BCUT2D eigenvalue weighted by Crippen LogP contribution is 2.34. The predicted octanol–water partition coefficient (Wildman–Crippen LogP) is 3.63. The van der Waals surface area contributed by atoms with E-state index in [2.05, 4.69) is 0 Å². The Bertz CT molecular complexity index is 537. The van der Waals surface area contributed by atoms with Crippen LogP contribution in [0.15, 0.2) is 60.7 Å². The van der Waals surface area contributed by atoms with Gasteiger partial charge in [-0.2, -0.15) is 0 Å². The summed E-state index contributed by atoms with van der Waals surface area (Å²) < 4.78 is 5.73. The van der Waals surface area contributed by atoms with Gasteiger partial charge in [-0.3, -0.25) is 4.79 Å². The molecule has 0 aliphatic heterocycles. The molecule has 104 valence electrons. The van der Waals surface area contributed by atoms with E-state index in [0.29, 0.717) is 6.61 Å². The Balaban J connectivity index is 2.41. The number of ether oxygens (including phenoxy) is 1. The third-order valence-electron chi connectivity index (χ3n) is 3.20. The molecule has 2 unspecified atom stereocenters. The molecule has 0 heterocycles. The molecule has 20 heavy (non-hydrogen) atoms. The zero-order chi connectivity index (χ0) is 14.4. The van der Waals surface area contributed by atoms with Crippen molar-refractivity contribution in [2.24, 2.45) is 0 Å². The van der Waals surface area contributed by atoms with E-state index in [4.69, 9.17) is 4.74 Å². The fourth-order valence-corrected chi connectivity index (χ4v) is 2.31. The molecule has 0 amide bonds. The monoisotopic (exact) mass is 270 g/mol. The van der Waals surface area contributed by atoms with Gasteiger partial charge in [0.1, 0.15) is 5.92 Å². The summed E-state index contributed by atoms with van der Waals surface area (Å²) in [6.45, 7) is 2.34. The van der Waals surface area contributed by atoms with E-state index in [9.17, 15) is 9.90 Å². The molecule has 0 bridgehead atoms. The Morgan fingerprint density at radius 2 is 1.50 bits per heavy atom. The molecule has 2 aromatic carbocycles. The van der Waals surface area contributed by atoms with Crippen LogP contribution in [-0.2, 0) is 9.53 Å². The highest BCUT2D eigenvalue weighted by atomic mass is 16.5. The third kappa shape index (κ3) is 3.25. The lowest BCUT2D eigenvalue weighted by atomic mass is 9.89. The van der Waals surface area contributed by atoms with Crippen molar-refractivity contribution in [3.63, 3.8) is 0 Å². The van der Waals surface area contributed by atoms with Crippen LogP contribution in [0.1, 0.15) is 30.1 Å². The Hall–Kier alpha value is -2.13. The Morgan fingerprint density at radius 1 is 1.00 bits per heavy atom. The van der Waals surface area contributed by atoms with Crippen molar-refractivity contribution >= 4 is 5.97 Å². The second kappa shape index (κ2) is 6.87. The van der Waals surface area contributed by atoms with Crippen molar-refractivity contribution in [2.75, 3.05) is 6.61 Å². The van der Waals surface area contributed by atoms with E-state index < -0.39 is 18.0 Å². The highest BCUT2D eigenvalue weighted by molar-refractivity contribution is 5.77. The summed E-state index contributed by atoms with van der Waals surface area (Å²) in [6, 6.07) is 18.7. The number of rotatable bonds is 6. The average molecular weight is 270 g/mol. The first-order valence-corrected chi connectivity index (χ1v) is 6.68. The quantitative estimate of drug-likeness (QED) is 0.871. The number of hydrogen-bond acceptors (Lipinski definition) is 2. The Kier molecular flexibility index (Phi) is 4.91. The van der Waals surface area contributed by atoms with Crippen LogP contribution in [0.25, 0.3) is 0 Å². The Labute approximate surface area is 118 Å². The van der Waals surface area contributed by atoms with Crippen LogP contribution < -0.4 is 0 Å². The van der Waals surface area contributed by atoms with Gasteiger partial charge < -0.3 is 9.84 Å². The number of hydrogen-bond donors (Lipinski definition) is 1. The molecule has 0 radical (unpaired) electrons. The van der Waals surface area contributed by atoms with E-state index in [0.717, 1.165) is 11.1 Å². The molecule has 3 heteroatoms. The minimum Gasteiger partial charge on any atom is -0.481 e. The standard InChI is InChI=1S/C17H18O3/c1-2-20-16(14-11-7-4-8-12-14)15(17(18)19)13-9-5-3-6-10-13/h3-12,15-16H,2H2,1H3,(H,18,19). The van der Waals surface area contributed by atoms with Gasteiger partial charge >= 0.3 is 5.97 Å². The highest BCUT2D eigenvalue weighted by Gasteiger charge is 2.31. The van der Waals surface area contributed by atoms with Gasteiger partial charge in [0, 0.05) is 6.61 Å². The number of aliphatic carboxylic acids is 1. The molecule has 3 nitrogen and oxygen atoms in total. The van der Waals surface area contributed by atoms with Gasteiger partial charge in [-0.05, 0) is 18.1 Å². The topological polar surface area (TPSA) is 46.5 Å². The molecular weight excluding hydrogens is 252 g/mol. The number of carboxylic acids is 1. The smallest absolute Gasteiger partial charge is 0.314 e. The van der Waals surface area contributed by atoms with E-state index in [1.165, 1.54) is 0 Å². The van der Waals surface area contributed by atoms with Gasteiger partial charge in [0.05, 0.1) is 6.10 Å². The predicted molar refractivity (Wildman–Crippen MR) is 77.6 cm³/mol. The van der Waals surface area contributed by atoms with Crippen LogP contribution in [0.5, 0.6) is 0 Å². The summed E-state index contributed by atoms with van der Waals surface area (Å²) in [6.07, 6.45) is -0.485. The summed E-state index contributed by atoms with van der Waals surface area (Å²) in [4.78, 5) is 11.7. The normalized spacial score (nSPS) is 13.7. The molecule has 2 atom stereocenters. The minimum absolute atomic E-state index is 0.468. The summed E-state index contributed by atoms with van der Waals surface area (Å²) in [5, 5.41) is 9.61. The Morgan fingerprint density at radius 3 is 1.95 bits per heavy atom.